The van der Waals surface area contributed by atoms with Crippen LogP contribution >= 0.6 is 0 Å². The predicted molar refractivity (Wildman–Crippen MR) is 126 cm³/mol. The Kier molecular flexibility index (Phi) is 5.38. The second-order valence-corrected chi connectivity index (χ2v) is 8.63. The highest BCUT2D eigenvalue weighted by molar-refractivity contribution is 5.94. The van der Waals surface area contributed by atoms with E-state index in [0.717, 1.165) is 59.0 Å². The molecule has 0 bridgehead atoms. The van der Waals surface area contributed by atoms with Crippen LogP contribution < -0.4 is 10.2 Å². The molecule has 1 fully saturated rings. The van der Waals surface area contributed by atoms with Crippen LogP contribution in [0.15, 0.2) is 60.8 Å². The molecule has 0 radical (unpaired) electrons. The predicted octanol–water partition coefficient (Wildman–Crippen LogP) is 4.51. The van der Waals surface area contributed by atoms with Crippen molar-refractivity contribution in [1.29, 1.82) is 0 Å². The fourth-order valence-electron chi connectivity index (χ4n) is 4.45. The standard InChI is InChI=1S/C25H28N6/c1-17(2)15-19-16-31(14-13-26-19)22-11-10-20(18-7-4-3-5-8-18)23(28-22)24-21-9-6-12-27-25(21)30-29-24/h3-12,17,19,26H,13-16H2,1-2H3,(H,27,29,30)/t19-/m0/s1. The Morgan fingerprint density at radius 3 is 2.74 bits per heavy atom. The van der Waals surface area contributed by atoms with Crippen LogP contribution in [0.3, 0.4) is 0 Å². The number of anilines is 1. The lowest BCUT2D eigenvalue weighted by Gasteiger charge is -2.35. The molecule has 1 atom stereocenters. The second kappa shape index (κ2) is 8.47. The van der Waals surface area contributed by atoms with Gasteiger partial charge in [0, 0.05) is 42.8 Å². The third-order valence-electron chi connectivity index (χ3n) is 5.86. The van der Waals surface area contributed by atoms with E-state index in [-0.39, 0.29) is 0 Å². The molecule has 3 aromatic heterocycles. The lowest BCUT2D eigenvalue weighted by atomic mass is 10.00. The van der Waals surface area contributed by atoms with Crippen molar-refractivity contribution >= 4 is 16.9 Å². The van der Waals surface area contributed by atoms with Gasteiger partial charge in [0.1, 0.15) is 17.2 Å². The Bertz CT molecular complexity index is 1170. The van der Waals surface area contributed by atoms with Gasteiger partial charge in [-0.15, -0.1) is 0 Å². The minimum Gasteiger partial charge on any atom is -0.354 e. The normalized spacial score (nSPS) is 16.9. The van der Waals surface area contributed by atoms with E-state index < -0.39 is 0 Å². The first-order chi connectivity index (χ1) is 15.2. The van der Waals surface area contributed by atoms with Crippen LogP contribution in [0.25, 0.3) is 33.5 Å². The molecule has 1 aromatic carbocycles. The highest BCUT2D eigenvalue weighted by Gasteiger charge is 2.23. The van der Waals surface area contributed by atoms with Crippen LogP contribution in [0.4, 0.5) is 5.82 Å². The first kappa shape index (κ1) is 19.7. The Hall–Kier alpha value is -3.25. The fourth-order valence-corrected chi connectivity index (χ4v) is 4.45. The quantitative estimate of drug-likeness (QED) is 0.505. The lowest BCUT2D eigenvalue weighted by Crippen LogP contribution is -2.51. The summed E-state index contributed by atoms with van der Waals surface area (Å²) in [4.78, 5) is 12.0. The summed E-state index contributed by atoms with van der Waals surface area (Å²) in [6, 6.07) is 19.2. The number of piperazine rings is 1. The zero-order valence-corrected chi connectivity index (χ0v) is 18.0. The summed E-state index contributed by atoms with van der Waals surface area (Å²) in [6.45, 7) is 7.46. The Morgan fingerprint density at radius 1 is 1.03 bits per heavy atom. The zero-order valence-electron chi connectivity index (χ0n) is 18.0. The van der Waals surface area contributed by atoms with E-state index in [4.69, 9.17) is 4.98 Å². The van der Waals surface area contributed by atoms with Crippen LogP contribution in [0.1, 0.15) is 20.3 Å². The fraction of sp³-hybridized carbons (Fsp3) is 0.320. The van der Waals surface area contributed by atoms with E-state index in [1.54, 1.807) is 6.20 Å². The summed E-state index contributed by atoms with van der Waals surface area (Å²) in [5.74, 6) is 1.68. The molecule has 0 amide bonds. The van der Waals surface area contributed by atoms with Crippen molar-refractivity contribution in [3.8, 4) is 22.5 Å². The molecule has 1 saturated heterocycles. The molecular formula is C25H28N6. The topological polar surface area (TPSA) is 69.7 Å². The Balaban J connectivity index is 1.59. The average molecular weight is 413 g/mol. The molecule has 0 saturated carbocycles. The van der Waals surface area contributed by atoms with Gasteiger partial charge in [0.05, 0.1) is 0 Å². The zero-order chi connectivity index (χ0) is 21.2. The largest absolute Gasteiger partial charge is 0.354 e. The Morgan fingerprint density at radius 2 is 1.90 bits per heavy atom. The number of hydrogen-bond donors (Lipinski definition) is 2. The smallest absolute Gasteiger partial charge is 0.155 e. The summed E-state index contributed by atoms with van der Waals surface area (Å²) in [5.41, 5.74) is 4.73. The number of nitrogens with one attached hydrogen (secondary N) is 2. The van der Waals surface area contributed by atoms with Gasteiger partial charge in [-0.1, -0.05) is 44.2 Å². The van der Waals surface area contributed by atoms with Crippen molar-refractivity contribution in [3.05, 3.63) is 60.8 Å². The molecule has 0 unspecified atom stereocenters. The summed E-state index contributed by atoms with van der Waals surface area (Å²) >= 11 is 0. The van der Waals surface area contributed by atoms with Crippen LogP contribution in [0, 0.1) is 5.92 Å². The van der Waals surface area contributed by atoms with Gasteiger partial charge >= 0.3 is 0 Å². The van der Waals surface area contributed by atoms with Gasteiger partial charge in [-0.3, -0.25) is 5.10 Å². The maximum absolute atomic E-state index is 5.17. The molecule has 6 nitrogen and oxygen atoms in total. The minimum atomic E-state index is 0.489. The monoisotopic (exact) mass is 412 g/mol. The number of pyridine rings is 2. The number of aromatic amines is 1. The van der Waals surface area contributed by atoms with E-state index in [1.807, 2.05) is 18.2 Å². The summed E-state index contributed by atoms with van der Waals surface area (Å²) < 4.78 is 0. The van der Waals surface area contributed by atoms with Gasteiger partial charge in [-0.2, -0.15) is 5.10 Å². The molecular weight excluding hydrogens is 384 g/mol. The van der Waals surface area contributed by atoms with E-state index in [1.165, 1.54) is 6.42 Å². The second-order valence-electron chi connectivity index (χ2n) is 8.63. The van der Waals surface area contributed by atoms with Gasteiger partial charge in [0.15, 0.2) is 5.65 Å². The maximum Gasteiger partial charge on any atom is 0.155 e. The van der Waals surface area contributed by atoms with Crippen molar-refractivity contribution in [2.45, 2.75) is 26.3 Å². The van der Waals surface area contributed by atoms with Gasteiger partial charge in [0.25, 0.3) is 0 Å². The molecule has 5 rings (SSSR count). The van der Waals surface area contributed by atoms with E-state index >= 15 is 0 Å². The number of hydrogen-bond acceptors (Lipinski definition) is 5. The average Bonchev–Trinajstić information content (AvgIpc) is 3.23. The third-order valence-corrected chi connectivity index (χ3v) is 5.86. The van der Waals surface area contributed by atoms with Gasteiger partial charge in [0.2, 0.25) is 0 Å². The van der Waals surface area contributed by atoms with E-state index in [0.29, 0.717) is 12.0 Å². The first-order valence-corrected chi connectivity index (χ1v) is 11.0. The molecule has 4 aromatic rings. The number of fused-ring (bicyclic) bond motifs is 1. The van der Waals surface area contributed by atoms with Crippen molar-refractivity contribution in [1.82, 2.24) is 25.5 Å². The summed E-state index contributed by atoms with van der Waals surface area (Å²) in [7, 11) is 0. The molecule has 0 spiro atoms. The highest BCUT2D eigenvalue weighted by atomic mass is 15.2. The van der Waals surface area contributed by atoms with Crippen LogP contribution in [0.5, 0.6) is 0 Å². The van der Waals surface area contributed by atoms with Crippen LogP contribution in [-0.2, 0) is 0 Å². The van der Waals surface area contributed by atoms with Crippen molar-refractivity contribution < 1.29 is 0 Å². The maximum atomic E-state index is 5.17. The van der Waals surface area contributed by atoms with E-state index in [9.17, 15) is 0 Å². The van der Waals surface area contributed by atoms with E-state index in [2.05, 4.69) is 75.6 Å². The van der Waals surface area contributed by atoms with Crippen LogP contribution in [0.2, 0.25) is 0 Å². The molecule has 1 aliphatic heterocycles. The number of nitrogens with zero attached hydrogens (tertiary/aromatic N) is 4. The van der Waals surface area contributed by atoms with Gasteiger partial charge < -0.3 is 10.2 Å². The van der Waals surface area contributed by atoms with Crippen molar-refractivity contribution in [2.24, 2.45) is 5.92 Å². The SMILES string of the molecule is CC(C)C[C@H]1CN(c2ccc(-c3ccccc3)c(-c3n[nH]c4ncccc34)n2)CCN1. The molecule has 2 N–H and O–H groups in total. The van der Waals surface area contributed by atoms with Crippen LogP contribution in [-0.4, -0.2) is 45.8 Å². The van der Waals surface area contributed by atoms with Gasteiger partial charge in [-0.25, -0.2) is 9.97 Å². The summed E-state index contributed by atoms with van der Waals surface area (Å²) in [5, 5.41) is 12.3. The molecule has 0 aliphatic carbocycles. The van der Waals surface area contributed by atoms with Crippen molar-refractivity contribution in [3.63, 3.8) is 0 Å². The minimum absolute atomic E-state index is 0.489. The molecule has 158 valence electrons. The molecule has 4 heterocycles. The number of benzene rings is 1. The number of H-pyrrole nitrogens is 1. The first-order valence-electron chi connectivity index (χ1n) is 11.0. The molecule has 6 heteroatoms. The lowest BCUT2D eigenvalue weighted by molar-refractivity contribution is 0.387. The third kappa shape index (κ3) is 4.03. The highest BCUT2D eigenvalue weighted by Crippen LogP contribution is 2.34. The Labute approximate surface area is 182 Å². The summed E-state index contributed by atoms with van der Waals surface area (Å²) in [6.07, 6.45) is 2.95. The molecule has 31 heavy (non-hydrogen) atoms. The number of aromatic nitrogens is 4. The van der Waals surface area contributed by atoms with Gasteiger partial charge in [-0.05, 0) is 42.2 Å². The number of rotatable bonds is 5. The van der Waals surface area contributed by atoms with Crippen molar-refractivity contribution in [2.75, 3.05) is 24.5 Å². The molecule has 1 aliphatic rings.